The molecule has 3 heterocycles. The molecule has 2 aromatic rings. The Kier molecular flexibility index (Phi) is 5.92. The number of rotatable bonds is 2. The molecule has 7 heteroatoms. The van der Waals surface area contributed by atoms with Crippen molar-refractivity contribution in [3.05, 3.63) is 34.0 Å². The highest BCUT2D eigenvalue weighted by atomic mass is 16.5. The lowest BCUT2D eigenvalue weighted by Crippen LogP contribution is -2.36. The lowest BCUT2D eigenvalue weighted by Gasteiger charge is -2.25. The van der Waals surface area contributed by atoms with Crippen LogP contribution < -0.4 is 10.5 Å². The summed E-state index contributed by atoms with van der Waals surface area (Å²) in [7, 11) is 0. The number of morpholine rings is 1. The van der Waals surface area contributed by atoms with E-state index in [2.05, 4.69) is 28.9 Å². The minimum atomic E-state index is -0.167. The van der Waals surface area contributed by atoms with Gasteiger partial charge in [-0.15, -0.1) is 0 Å². The molecule has 0 atom stereocenters. The van der Waals surface area contributed by atoms with Gasteiger partial charge in [0.2, 0.25) is 5.88 Å². The summed E-state index contributed by atoms with van der Waals surface area (Å²) < 4.78 is 12.0. The van der Waals surface area contributed by atoms with Crippen LogP contribution in [0.4, 0.5) is 5.82 Å². The normalized spacial score (nSPS) is 14.3. The molecule has 0 bridgehead atoms. The van der Waals surface area contributed by atoms with Crippen LogP contribution in [0.25, 0.3) is 5.88 Å². The van der Waals surface area contributed by atoms with Crippen molar-refractivity contribution in [2.45, 2.75) is 34.1 Å². The Morgan fingerprint density at radius 3 is 2.43 bits per heavy atom. The van der Waals surface area contributed by atoms with Gasteiger partial charge in [-0.1, -0.05) is 25.4 Å². The monoisotopic (exact) mass is 320 g/mol. The van der Waals surface area contributed by atoms with Crippen LogP contribution >= 0.6 is 0 Å². The standard InChI is InChI=1S/C13H16N4O3.C3H8/c1-9-7-12(18)17(10(2)14-9)13-8-11(15-20-13)16-3-5-19-6-4-16;1-3-2/h7-8H,3-6H2,1-2H3;3H2,1-2H3. The summed E-state index contributed by atoms with van der Waals surface area (Å²) in [6, 6.07) is 3.24. The van der Waals surface area contributed by atoms with Crippen molar-refractivity contribution in [2.75, 3.05) is 31.2 Å². The maximum absolute atomic E-state index is 12.0. The molecule has 1 aliphatic heterocycles. The number of hydrogen-bond donors (Lipinski definition) is 0. The van der Waals surface area contributed by atoms with Crippen LogP contribution in [0, 0.1) is 13.8 Å². The minimum absolute atomic E-state index is 0.167. The van der Waals surface area contributed by atoms with E-state index < -0.39 is 0 Å². The first kappa shape index (κ1) is 17.2. The molecule has 2 aromatic heterocycles. The minimum Gasteiger partial charge on any atom is -0.378 e. The first-order valence-electron chi connectivity index (χ1n) is 7.93. The SMILES string of the molecule is CCC.Cc1cc(=O)n(-c2cc(N3CCOCC3)no2)c(C)n1. The van der Waals surface area contributed by atoms with Crippen LogP contribution in [0.5, 0.6) is 0 Å². The van der Waals surface area contributed by atoms with E-state index in [4.69, 9.17) is 9.26 Å². The van der Waals surface area contributed by atoms with Crippen LogP contribution in [0.2, 0.25) is 0 Å². The highest BCUT2D eigenvalue weighted by Gasteiger charge is 2.17. The van der Waals surface area contributed by atoms with Gasteiger partial charge >= 0.3 is 0 Å². The Bertz CT molecular complexity index is 687. The molecule has 0 aliphatic carbocycles. The highest BCUT2D eigenvalue weighted by Crippen LogP contribution is 2.18. The van der Waals surface area contributed by atoms with Crippen LogP contribution in [0.15, 0.2) is 21.5 Å². The van der Waals surface area contributed by atoms with Gasteiger partial charge in [-0.25, -0.2) is 9.55 Å². The van der Waals surface area contributed by atoms with Gasteiger partial charge in [-0.2, -0.15) is 0 Å². The highest BCUT2D eigenvalue weighted by molar-refractivity contribution is 5.43. The predicted octanol–water partition coefficient (Wildman–Crippen LogP) is 2.09. The zero-order valence-corrected chi connectivity index (χ0v) is 14.2. The summed E-state index contributed by atoms with van der Waals surface area (Å²) in [6.45, 7) is 10.7. The molecule has 0 amide bonds. The van der Waals surface area contributed by atoms with Crippen molar-refractivity contribution in [1.82, 2.24) is 14.7 Å². The fraction of sp³-hybridized carbons (Fsp3) is 0.562. The number of aryl methyl sites for hydroxylation is 2. The smallest absolute Gasteiger partial charge is 0.260 e. The third-order valence-corrected chi connectivity index (χ3v) is 3.26. The largest absolute Gasteiger partial charge is 0.378 e. The molecular formula is C16H24N4O3. The molecule has 0 saturated carbocycles. The molecule has 1 saturated heterocycles. The van der Waals surface area contributed by atoms with E-state index in [-0.39, 0.29) is 5.56 Å². The van der Waals surface area contributed by atoms with Crippen LogP contribution in [0.1, 0.15) is 31.8 Å². The van der Waals surface area contributed by atoms with E-state index >= 15 is 0 Å². The molecule has 7 nitrogen and oxygen atoms in total. The molecule has 0 aromatic carbocycles. The molecule has 0 radical (unpaired) electrons. The van der Waals surface area contributed by atoms with Gasteiger partial charge < -0.3 is 14.2 Å². The average Bonchev–Trinajstić information content (AvgIpc) is 2.97. The van der Waals surface area contributed by atoms with Crippen molar-refractivity contribution in [1.29, 1.82) is 0 Å². The molecule has 0 unspecified atom stereocenters. The molecule has 126 valence electrons. The predicted molar refractivity (Wildman–Crippen MR) is 88.4 cm³/mol. The Balaban J connectivity index is 0.000000595. The van der Waals surface area contributed by atoms with E-state index in [9.17, 15) is 4.79 Å². The summed E-state index contributed by atoms with van der Waals surface area (Å²) in [5, 5.41) is 4.03. The third-order valence-electron chi connectivity index (χ3n) is 3.26. The van der Waals surface area contributed by atoms with Crippen molar-refractivity contribution < 1.29 is 9.26 Å². The molecule has 1 aliphatic rings. The average molecular weight is 320 g/mol. The Morgan fingerprint density at radius 1 is 1.17 bits per heavy atom. The Morgan fingerprint density at radius 2 is 1.83 bits per heavy atom. The van der Waals surface area contributed by atoms with Crippen LogP contribution in [0.3, 0.4) is 0 Å². The van der Waals surface area contributed by atoms with E-state index in [1.807, 2.05) is 0 Å². The summed E-state index contributed by atoms with van der Waals surface area (Å²) in [5.41, 5.74) is 0.524. The quantitative estimate of drug-likeness (QED) is 0.843. The first-order valence-corrected chi connectivity index (χ1v) is 7.93. The van der Waals surface area contributed by atoms with Gasteiger partial charge in [0.1, 0.15) is 5.82 Å². The molecule has 0 spiro atoms. The summed E-state index contributed by atoms with van der Waals surface area (Å²) in [6.07, 6.45) is 1.25. The topological polar surface area (TPSA) is 73.4 Å². The van der Waals surface area contributed by atoms with Crippen molar-refractivity contribution in [3.8, 4) is 5.88 Å². The summed E-state index contributed by atoms with van der Waals surface area (Å²) >= 11 is 0. The lowest BCUT2D eigenvalue weighted by molar-refractivity contribution is 0.122. The fourth-order valence-electron chi connectivity index (χ4n) is 2.31. The van der Waals surface area contributed by atoms with Gasteiger partial charge in [-0.3, -0.25) is 4.79 Å². The number of aromatic nitrogens is 3. The Hall–Kier alpha value is -2.15. The van der Waals surface area contributed by atoms with Gasteiger partial charge in [0.05, 0.1) is 13.2 Å². The van der Waals surface area contributed by atoms with Crippen LogP contribution in [-0.2, 0) is 4.74 Å². The second-order valence-corrected chi connectivity index (χ2v) is 5.45. The van der Waals surface area contributed by atoms with Crippen LogP contribution in [-0.4, -0.2) is 41.0 Å². The zero-order valence-electron chi connectivity index (χ0n) is 14.2. The first-order chi connectivity index (χ1) is 11.1. The maximum Gasteiger partial charge on any atom is 0.260 e. The Labute approximate surface area is 135 Å². The second kappa shape index (κ2) is 7.92. The van der Waals surface area contributed by atoms with Crippen molar-refractivity contribution >= 4 is 5.82 Å². The summed E-state index contributed by atoms with van der Waals surface area (Å²) in [5.74, 6) is 1.69. The molecule has 23 heavy (non-hydrogen) atoms. The van der Waals surface area contributed by atoms with Crippen molar-refractivity contribution in [3.63, 3.8) is 0 Å². The molecular weight excluding hydrogens is 296 g/mol. The van der Waals surface area contributed by atoms with E-state index in [1.54, 1.807) is 19.9 Å². The van der Waals surface area contributed by atoms with E-state index in [1.165, 1.54) is 17.1 Å². The van der Waals surface area contributed by atoms with Gasteiger partial charge in [0.15, 0.2) is 5.82 Å². The fourth-order valence-corrected chi connectivity index (χ4v) is 2.31. The maximum atomic E-state index is 12.0. The lowest BCUT2D eigenvalue weighted by atomic mass is 10.4. The number of ether oxygens (including phenoxy) is 1. The van der Waals surface area contributed by atoms with Crippen molar-refractivity contribution in [2.24, 2.45) is 0 Å². The summed E-state index contributed by atoms with van der Waals surface area (Å²) in [4.78, 5) is 18.4. The second-order valence-electron chi connectivity index (χ2n) is 5.45. The van der Waals surface area contributed by atoms with E-state index in [0.29, 0.717) is 30.6 Å². The molecule has 3 rings (SSSR count). The molecule has 0 N–H and O–H groups in total. The number of anilines is 1. The van der Waals surface area contributed by atoms with Gasteiger partial charge in [0.25, 0.3) is 5.56 Å². The zero-order chi connectivity index (χ0) is 16.8. The van der Waals surface area contributed by atoms with Gasteiger partial charge in [-0.05, 0) is 13.8 Å². The number of nitrogens with zero attached hydrogens (tertiary/aromatic N) is 4. The van der Waals surface area contributed by atoms with E-state index in [0.717, 1.165) is 18.9 Å². The van der Waals surface area contributed by atoms with Gasteiger partial charge in [0, 0.05) is 30.9 Å². The third kappa shape index (κ3) is 4.19. The number of hydrogen-bond acceptors (Lipinski definition) is 6. The molecule has 1 fully saturated rings.